The number of hydrogen-bond donors (Lipinski definition) is 2. The largest absolute Gasteiger partial charge is 0.507 e. The molecule has 0 saturated carbocycles. The lowest BCUT2D eigenvalue weighted by atomic mass is 10.2. The van der Waals surface area contributed by atoms with Gasteiger partial charge in [-0.05, 0) is 34.1 Å². The van der Waals surface area contributed by atoms with Crippen LogP contribution in [0.1, 0.15) is 9.67 Å². The second-order valence-corrected chi connectivity index (χ2v) is 4.63. The molecule has 0 aliphatic rings. The Morgan fingerprint density at radius 2 is 2.14 bits per heavy atom. The van der Waals surface area contributed by atoms with E-state index in [1.165, 1.54) is 12.1 Å². The topological polar surface area (TPSA) is 57.5 Å². The molecule has 0 saturated heterocycles. The van der Waals surface area contributed by atoms with E-state index in [0.717, 1.165) is 20.5 Å². The zero-order valence-electron chi connectivity index (χ0n) is 6.82. The Kier molecular flexibility index (Phi) is 2.20. The number of phenols is 1. The van der Waals surface area contributed by atoms with Gasteiger partial charge in [-0.1, -0.05) is 0 Å². The molecule has 0 bridgehead atoms. The van der Waals surface area contributed by atoms with Crippen LogP contribution >= 0.6 is 27.3 Å². The predicted octanol–water partition coefficient (Wildman–Crippen LogP) is 3.07. The van der Waals surface area contributed by atoms with Gasteiger partial charge in [-0.2, -0.15) is 0 Å². The van der Waals surface area contributed by atoms with Crippen LogP contribution in [-0.4, -0.2) is 16.2 Å². The summed E-state index contributed by atoms with van der Waals surface area (Å²) in [5.74, 6) is -0.871. The summed E-state index contributed by atoms with van der Waals surface area (Å²) in [5.41, 5.74) is 0. The molecule has 2 rings (SSSR count). The van der Waals surface area contributed by atoms with Gasteiger partial charge in [0.2, 0.25) is 0 Å². The molecule has 0 fully saturated rings. The molecule has 0 radical (unpaired) electrons. The van der Waals surface area contributed by atoms with Gasteiger partial charge in [0.25, 0.3) is 0 Å². The highest BCUT2D eigenvalue weighted by atomic mass is 79.9. The number of benzene rings is 1. The van der Waals surface area contributed by atoms with E-state index in [0.29, 0.717) is 5.39 Å². The molecule has 0 atom stereocenters. The maximum atomic E-state index is 10.7. The first kappa shape index (κ1) is 9.48. The summed E-state index contributed by atoms with van der Waals surface area (Å²) in [7, 11) is 0. The highest BCUT2D eigenvalue weighted by Crippen LogP contribution is 2.37. The fourth-order valence-corrected chi connectivity index (χ4v) is 2.69. The third-order valence-corrected chi connectivity index (χ3v) is 3.90. The standard InChI is InChI=1S/C9H5BrO3S/c10-5-1-2-6(11)4-3-7(9(12)13)14-8(4)5/h1-3,11H,(H,12,13). The first-order chi connectivity index (χ1) is 6.59. The number of hydrogen-bond acceptors (Lipinski definition) is 3. The smallest absolute Gasteiger partial charge is 0.345 e. The van der Waals surface area contributed by atoms with Crippen molar-refractivity contribution in [2.24, 2.45) is 0 Å². The zero-order chi connectivity index (χ0) is 10.3. The summed E-state index contributed by atoms with van der Waals surface area (Å²) >= 11 is 4.44. The van der Waals surface area contributed by atoms with Gasteiger partial charge >= 0.3 is 5.97 Å². The van der Waals surface area contributed by atoms with E-state index in [1.54, 1.807) is 6.07 Å². The lowest BCUT2D eigenvalue weighted by molar-refractivity contribution is 0.0702. The van der Waals surface area contributed by atoms with Crippen molar-refractivity contribution in [3.8, 4) is 5.75 Å². The molecule has 0 unspecified atom stereocenters. The Bertz CT molecular complexity index is 479. The number of carboxylic acids is 1. The highest BCUT2D eigenvalue weighted by molar-refractivity contribution is 9.10. The molecule has 14 heavy (non-hydrogen) atoms. The molecule has 2 aromatic rings. The Labute approximate surface area is 91.7 Å². The fraction of sp³-hybridized carbons (Fsp3) is 0. The Morgan fingerprint density at radius 3 is 2.71 bits per heavy atom. The summed E-state index contributed by atoms with van der Waals surface area (Å²) in [5, 5.41) is 18.8. The van der Waals surface area contributed by atoms with Crippen molar-refractivity contribution in [3.05, 3.63) is 27.5 Å². The molecule has 0 aliphatic heterocycles. The van der Waals surface area contributed by atoms with E-state index < -0.39 is 5.97 Å². The number of aromatic carboxylic acids is 1. The van der Waals surface area contributed by atoms with Crippen LogP contribution < -0.4 is 0 Å². The number of carbonyl (C=O) groups is 1. The van der Waals surface area contributed by atoms with E-state index in [1.807, 2.05) is 0 Å². The SMILES string of the molecule is O=C(O)c1cc2c(O)ccc(Br)c2s1. The van der Waals surface area contributed by atoms with Gasteiger partial charge in [-0.15, -0.1) is 11.3 Å². The van der Waals surface area contributed by atoms with Crippen molar-refractivity contribution in [3.63, 3.8) is 0 Å². The number of rotatable bonds is 1. The van der Waals surface area contributed by atoms with Gasteiger partial charge in [-0.25, -0.2) is 4.79 Å². The highest BCUT2D eigenvalue weighted by Gasteiger charge is 2.12. The molecule has 0 spiro atoms. The lowest BCUT2D eigenvalue weighted by Crippen LogP contribution is -1.89. The summed E-state index contributed by atoms with van der Waals surface area (Å²) in [6, 6.07) is 4.70. The van der Waals surface area contributed by atoms with Crippen molar-refractivity contribution in [2.45, 2.75) is 0 Å². The van der Waals surface area contributed by atoms with Crippen LogP contribution in [0.2, 0.25) is 0 Å². The normalized spacial score (nSPS) is 10.6. The molecule has 5 heteroatoms. The van der Waals surface area contributed by atoms with E-state index in [4.69, 9.17) is 5.11 Å². The molecule has 3 nitrogen and oxygen atoms in total. The van der Waals surface area contributed by atoms with Gasteiger partial charge in [0.15, 0.2) is 0 Å². The fourth-order valence-electron chi connectivity index (χ4n) is 1.18. The van der Waals surface area contributed by atoms with Crippen LogP contribution in [0.5, 0.6) is 5.75 Å². The van der Waals surface area contributed by atoms with E-state index in [-0.39, 0.29) is 10.6 Å². The number of aromatic hydroxyl groups is 1. The van der Waals surface area contributed by atoms with Crippen molar-refractivity contribution >= 4 is 43.3 Å². The minimum Gasteiger partial charge on any atom is -0.507 e. The number of carboxylic acid groups (broad SMARTS) is 1. The average molecular weight is 273 g/mol. The first-order valence-corrected chi connectivity index (χ1v) is 5.35. The third kappa shape index (κ3) is 1.38. The van der Waals surface area contributed by atoms with Gasteiger partial charge in [0.05, 0.1) is 4.70 Å². The van der Waals surface area contributed by atoms with Crippen molar-refractivity contribution in [1.29, 1.82) is 0 Å². The van der Waals surface area contributed by atoms with E-state index >= 15 is 0 Å². The molecule has 72 valence electrons. The van der Waals surface area contributed by atoms with Gasteiger partial charge in [-0.3, -0.25) is 0 Å². The maximum Gasteiger partial charge on any atom is 0.345 e. The van der Waals surface area contributed by atoms with Crippen molar-refractivity contribution < 1.29 is 15.0 Å². The number of phenolic OH excluding ortho intramolecular Hbond substituents is 1. The van der Waals surface area contributed by atoms with Crippen LogP contribution in [0, 0.1) is 0 Å². The van der Waals surface area contributed by atoms with Gasteiger partial charge in [0, 0.05) is 9.86 Å². The van der Waals surface area contributed by atoms with Crippen LogP contribution in [0.4, 0.5) is 0 Å². The predicted molar refractivity (Wildman–Crippen MR) is 58.1 cm³/mol. The monoisotopic (exact) mass is 272 g/mol. The van der Waals surface area contributed by atoms with Crippen molar-refractivity contribution in [1.82, 2.24) is 0 Å². The number of halogens is 1. The van der Waals surface area contributed by atoms with Crippen LogP contribution in [0.15, 0.2) is 22.7 Å². The molecule has 0 amide bonds. The minimum absolute atomic E-state index is 0.104. The molecule has 1 heterocycles. The van der Waals surface area contributed by atoms with E-state index in [2.05, 4.69) is 15.9 Å². The number of thiophene rings is 1. The lowest BCUT2D eigenvalue weighted by Gasteiger charge is -1.95. The average Bonchev–Trinajstić information content (AvgIpc) is 2.57. The number of fused-ring (bicyclic) bond motifs is 1. The zero-order valence-corrected chi connectivity index (χ0v) is 9.22. The molecular formula is C9H5BrO3S. The summed E-state index contributed by atoms with van der Waals surface area (Å²) in [6.45, 7) is 0. The Hall–Kier alpha value is -1.07. The molecule has 1 aromatic carbocycles. The molecule has 0 aliphatic carbocycles. The maximum absolute atomic E-state index is 10.7. The summed E-state index contributed by atoms with van der Waals surface area (Å²) in [4.78, 5) is 10.9. The first-order valence-electron chi connectivity index (χ1n) is 3.74. The summed E-state index contributed by atoms with van der Waals surface area (Å²) in [6.07, 6.45) is 0. The van der Waals surface area contributed by atoms with Crippen molar-refractivity contribution in [2.75, 3.05) is 0 Å². The molecule has 2 N–H and O–H groups in total. The molecule has 1 aromatic heterocycles. The minimum atomic E-state index is -0.975. The second kappa shape index (κ2) is 3.25. The Balaban J connectivity index is 2.82. The quantitative estimate of drug-likeness (QED) is 0.839. The van der Waals surface area contributed by atoms with Crippen LogP contribution in [-0.2, 0) is 0 Å². The molecular weight excluding hydrogens is 268 g/mol. The third-order valence-electron chi connectivity index (χ3n) is 1.82. The van der Waals surface area contributed by atoms with Crippen LogP contribution in [0.25, 0.3) is 10.1 Å². The van der Waals surface area contributed by atoms with Gasteiger partial charge in [0.1, 0.15) is 10.6 Å². The van der Waals surface area contributed by atoms with E-state index in [9.17, 15) is 9.90 Å². The Morgan fingerprint density at radius 1 is 1.43 bits per heavy atom. The summed E-state index contributed by atoms with van der Waals surface area (Å²) < 4.78 is 1.55. The van der Waals surface area contributed by atoms with Crippen LogP contribution in [0.3, 0.4) is 0 Å². The van der Waals surface area contributed by atoms with Gasteiger partial charge < -0.3 is 10.2 Å². The second-order valence-electron chi connectivity index (χ2n) is 2.73.